The molecule has 29 heavy (non-hydrogen) atoms. The van der Waals surface area contributed by atoms with Crippen LogP contribution in [-0.4, -0.2) is 41.9 Å². The van der Waals surface area contributed by atoms with Crippen molar-refractivity contribution >= 4 is 23.8 Å². The average molecular weight is 390 g/mol. The van der Waals surface area contributed by atoms with Gasteiger partial charge in [0.2, 0.25) is 5.96 Å². The van der Waals surface area contributed by atoms with Gasteiger partial charge in [-0.3, -0.25) is 4.99 Å². The van der Waals surface area contributed by atoms with E-state index in [1.807, 2.05) is 13.0 Å². The molecule has 0 spiro atoms. The van der Waals surface area contributed by atoms with Crippen LogP contribution in [0.15, 0.2) is 41.6 Å². The van der Waals surface area contributed by atoms with Crippen LogP contribution >= 0.6 is 0 Å². The third kappa shape index (κ3) is 4.45. The Morgan fingerprint density at radius 1 is 1.24 bits per heavy atom. The van der Waals surface area contributed by atoms with Gasteiger partial charge in [0.1, 0.15) is 0 Å². The summed E-state index contributed by atoms with van der Waals surface area (Å²) in [6.07, 6.45) is 11.7. The Morgan fingerprint density at radius 2 is 2.00 bits per heavy atom. The summed E-state index contributed by atoms with van der Waals surface area (Å²) < 4.78 is 0. The molecule has 0 aliphatic carbocycles. The van der Waals surface area contributed by atoms with Crippen LogP contribution in [0.4, 0.5) is 5.69 Å². The van der Waals surface area contributed by atoms with E-state index in [1.165, 1.54) is 5.56 Å². The Kier molecular flexibility index (Phi) is 6.93. The van der Waals surface area contributed by atoms with Gasteiger partial charge in [-0.25, -0.2) is 0 Å². The molecule has 0 radical (unpaired) electrons. The van der Waals surface area contributed by atoms with Crippen LogP contribution in [0.3, 0.4) is 0 Å². The average Bonchev–Trinajstić information content (AvgIpc) is 2.76. The SMILES string of the molecule is C#[N+]c1c(/C=C\C)ccc(/C=C\C(=C)N2CCCN3CCCN=C32)c1C(C)CC. The molecule has 2 aliphatic rings. The molecule has 152 valence electrons. The zero-order valence-electron chi connectivity index (χ0n) is 18.1. The third-order valence-electron chi connectivity index (χ3n) is 5.84. The first kappa shape index (κ1) is 20.9. The number of rotatable bonds is 6. The molecule has 0 bridgehead atoms. The molecule has 3 rings (SSSR count). The van der Waals surface area contributed by atoms with Crippen LogP contribution in [0, 0.1) is 6.57 Å². The van der Waals surface area contributed by atoms with E-state index in [9.17, 15) is 0 Å². The van der Waals surface area contributed by atoms with Gasteiger partial charge in [0.05, 0.1) is 11.1 Å². The maximum Gasteiger partial charge on any atom is 0.351 e. The fourth-order valence-electron chi connectivity index (χ4n) is 4.14. The summed E-state index contributed by atoms with van der Waals surface area (Å²) in [7, 11) is 0. The first-order chi connectivity index (χ1) is 14.1. The van der Waals surface area contributed by atoms with E-state index in [4.69, 9.17) is 11.6 Å². The Balaban J connectivity index is 1.92. The van der Waals surface area contributed by atoms with Gasteiger partial charge < -0.3 is 9.80 Å². The van der Waals surface area contributed by atoms with E-state index < -0.39 is 0 Å². The highest BCUT2D eigenvalue weighted by Gasteiger charge is 2.27. The Bertz CT molecular complexity index is 885. The lowest BCUT2D eigenvalue weighted by atomic mass is 9.89. The van der Waals surface area contributed by atoms with Gasteiger partial charge >= 0.3 is 5.69 Å². The highest BCUT2D eigenvalue weighted by Crippen LogP contribution is 2.37. The van der Waals surface area contributed by atoms with Crippen molar-refractivity contribution < 1.29 is 0 Å². The van der Waals surface area contributed by atoms with Crippen molar-refractivity contribution in [3.8, 4) is 6.57 Å². The van der Waals surface area contributed by atoms with Crippen LogP contribution in [0.2, 0.25) is 0 Å². The molecule has 1 unspecified atom stereocenters. The van der Waals surface area contributed by atoms with Gasteiger partial charge in [-0.15, -0.1) is 0 Å². The highest BCUT2D eigenvalue weighted by atomic mass is 15.4. The van der Waals surface area contributed by atoms with Gasteiger partial charge in [0.15, 0.2) is 0 Å². The molecular weight excluding hydrogens is 356 g/mol. The lowest BCUT2D eigenvalue weighted by molar-refractivity contribution is 0.276. The van der Waals surface area contributed by atoms with Crippen molar-refractivity contribution in [1.82, 2.24) is 9.80 Å². The topological polar surface area (TPSA) is 23.2 Å². The number of benzene rings is 1. The second kappa shape index (κ2) is 9.60. The molecule has 0 amide bonds. The first-order valence-corrected chi connectivity index (χ1v) is 10.7. The van der Waals surface area contributed by atoms with Crippen molar-refractivity contribution in [2.24, 2.45) is 4.99 Å². The zero-order chi connectivity index (χ0) is 20.8. The van der Waals surface area contributed by atoms with E-state index in [2.05, 4.69) is 65.4 Å². The largest absolute Gasteiger partial charge is 0.351 e. The molecule has 1 atom stereocenters. The van der Waals surface area contributed by atoms with E-state index >= 15 is 0 Å². The van der Waals surface area contributed by atoms with Crippen molar-refractivity contribution in [2.45, 2.75) is 46.0 Å². The number of nitrogens with zero attached hydrogens (tertiary/aromatic N) is 4. The third-order valence-corrected chi connectivity index (χ3v) is 5.84. The molecule has 1 aromatic rings. The molecular formula is C25H33N4+. The van der Waals surface area contributed by atoms with Crippen LogP contribution in [0.25, 0.3) is 17.0 Å². The van der Waals surface area contributed by atoms with Gasteiger partial charge in [-0.2, -0.15) is 0 Å². The van der Waals surface area contributed by atoms with E-state index in [1.54, 1.807) is 0 Å². The van der Waals surface area contributed by atoms with Gasteiger partial charge in [-0.05, 0) is 54.7 Å². The lowest BCUT2D eigenvalue weighted by Gasteiger charge is -2.41. The highest BCUT2D eigenvalue weighted by molar-refractivity contribution is 5.84. The van der Waals surface area contributed by atoms with Crippen molar-refractivity contribution in [2.75, 3.05) is 26.2 Å². The van der Waals surface area contributed by atoms with Gasteiger partial charge in [0, 0.05) is 31.9 Å². The molecule has 0 aromatic heterocycles. The smallest absolute Gasteiger partial charge is 0.342 e. The maximum atomic E-state index is 5.81. The Labute approximate surface area is 175 Å². The molecule has 0 N–H and O–H groups in total. The van der Waals surface area contributed by atoms with Crippen molar-refractivity contribution in [3.05, 3.63) is 58.1 Å². The minimum Gasteiger partial charge on any atom is -0.342 e. The van der Waals surface area contributed by atoms with Crippen molar-refractivity contribution in [3.63, 3.8) is 0 Å². The molecule has 2 heterocycles. The second-order valence-electron chi connectivity index (χ2n) is 7.80. The minimum atomic E-state index is 0.364. The zero-order valence-corrected chi connectivity index (χ0v) is 18.1. The summed E-state index contributed by atoms with van der Waals surface area (Å²) in [5.41, 5.74) is 5.27. The lowest BCUT2D eigenvalue weighted by Crippen LogP contribution is -2.51. The predicted octanol–water partition coefficient (Wildman–Crippen LogP) is 6.12. The number of aliphatic imine (C=N–C) groups is 1. The molecule has 1 aromatic carbocycles. The molecule has 2 aliphatic heterocycles. The molecule has 1 fully saturated rings. The quantitative estimate of drug-likeness (QED) is 0.547. The van der Waals surface area contributed by atoms with E-state index in [-0.39, 0.29) is 0 Å². The van der Waals surface area contributed by atoms with E-state index in [0.29, 0.717) is 5.92 Å². The minimum absolute atomic E-state index is 0.364. The number of fused-ring (bicyclic) bond motifs is 1. The number of allylic oxidation sites excluding steroid dienone is 2. The molecule has 0 saturated carbocycles. The fraction of sp³-hybridized carbons (Fsp3) is 0.440. The Morgan fingerprint density at radius 3 is 2.72 bits per heavy atom. The van der Waals surface area contributed by atoms with Crippen LogP contribution < -0.4 is 0 Å². The Hall–Kier alpha value is -2.80. The summed E-state index contributed by atoms with van der Waals surface area (Å²) in [6.45, 7) is 20.7. The molecule has 1 saturated heterocycles. The molecule has 4 nitrogen and oxygen atoms in total. The monoisotopic (exact) mass is 389 g/mol. The summed E-state index contributed by atoms with van der Waals surface area (Å²) in [5, 5.41) is 0. The van der Waals surface area contributed by atoms with Crippen molar-refractivity contribution in [1.29, 1.82) is 0 Å². The summed E-state index contributed by atoms with van der Waals surface area (Å²) in [4.78, 5) is 13.5. The normalized spacial score (nSPS) is 17.9. The van der Waals surface area contributed by atoms with Crippen LogP contribution in [0.5, 0.6) is 0 Å². The number of hydrogen-bond donors (Lipinski definition) is 0. The van der Waals surface area contributed by atoms with Crippen LogP contribution in [-0.2, 0) is 0 Å². The predicted molar refractivity (Wildman–Crippen MR) is 126 cm³/mol. The standard InChI is InChI=1S/C25H33N4/c1-6-10-22-14-13-21(23(19(3)7-2)24(22)26-5)12-11-20(4)29-18-9-17-28-16-8-15-27-25(28)29/h5-6,10-14,19H,4,7-9,15-18H2,1-3H3/q+1/b10-6-,12-11-. The van der Waals surface area contributed by atoms with Gasteiger partial charge in [-0.1, -0.05) is 44.7 Å². The number of hydrogen-bond acceptors (Lipinski definition) is 3. The first-order valence-electron chi connectivity index (χ1n) is 10.7. The maximum absolute atomic E-state index is 5.81. The summed E-state index contributed by atoms with van der Waals surface area (Å²) in [6, 6.07) is 4.25. The van der Waals surface area contributed by atoms with Crippen LogP contribution in [0.1, 0.15) is 62.6 Å². The summed E-state index contributed by atoms with van der Waals surface area (Å²) in [5.74, 6) is 1.45. The molecule has 4 heteroatoms. The number of guanidine groups is 1. The van der Waals surface area contributed by atoms with E-state index in [0.717, 1.165) is 73.9 Å². The second-order valence-corrected chi connectivity index (χ2v) is 7.80. The summed E-state index contributed by atoms with van der Waals surface area (Å²) >= 11 is 0. The van der Waals surface area contributed by atoms with Gasteiger partial charge in [0.25, 0.3) is 6.57 Å². The fourth-order valence-corrected chi connectivity index (χ4v) is 4.14.